The van der Waals surface area contributed by atoms with E-state index in [0.29, 0.717) is 25.9 Å². The lowest BCUT2D eigenvalue weighted by Crippen LogP contribution is -2.40. The van der Waals surface area contributed by atoms with Crippen molar-refractivity contribution in [1.82, 2.24) is 10.2 Å². The van der Waals surface area contributed by atoms with Crippen molar-refractivity contribution in [2.24, 2.45) is 0 Å². The van der Waals surface area contributed by atoms with Crippen molar-refractivity contribution in [1.29, 1.82) is 0 Å². The number of nitrogens with one attached hydrogen (secondary N) is 1. The number of hydrogen-bond acceptors (Lipinski definition) is 6. The number of rotatable bonds is 23. The fraction of sp³-hybridized carbons (Fsp3) is 0.388. The minimum atomic E-state index is 0.528. The van der Waals surface area contributed by atoms with Gasteiger partial charge in [0.15, 0.2) is 23.0 Å². The first kappa shape index (κ1) is 39.9. The second-order valence-corrected chi connectivity index (χ2v) is 14.7. The SMILES string of the molecule is CCCN(CCCCCCNCCc1ccc(OC)c(OCc2ccccc2)c1)C1CCc2c(ccc(OCc3ccccc3)c2OCc2ccccc2)C1. The first-order valence-electron chi connectivity index (χ1n) is 20.5. The van der Waals surface area contributed by atoms with Crippen molar-refractivity contribution in [2.75, 3.05) is 33.3 Å². The Hall–Kier alpha value is -4.78. The van der Waals surface area contributed by atoms with E-state index in [1.807, 2.05) is 36.4 Å². The van der Waals surface area contributed by atoms with E-state index in [-0.39, 0.29) is 0 Å². The molecule has 0 spiro atoms. The lowest BCUT2D eigenvalue weighted by Gasteiger charge is -2.36. The third-order valence-corrected chi connectivity index (χ3v) is 10.6. The summed E-state index contributed by atoms with van der Waals surface area (Å²) >= 11 is 0. The summed E-state index contributed by atoms with van der Waals surface area (Å²) in [7, 11) is 1.70. The number of unbranched alkanes of at least 4 members (excludes halogenated alkanes) is 3. The van der Waals surface area contributed by atoms with Gasteiger partial charge in [-0.15, -0.1) is 0 Å². The molecular weight excluding hydrogens is 681 g/mol. The van der Waals surface area contributed by atoms with E-state index in [2.05, 4.69) is 102 Å². The number of benzene rings is 5. The van der Waals surface area contributed by atoms with Crippen molar-refractivity contribution in [3.05, 3.63) is 155 Å². The van der Waals surface area contributed by atoms with Gasteiger partial charge in [0, 0.05) is 11.6 Å². The van der Waals surface area contributed by atoms with E-state index in [1.54, 1.807) is 7.11 Å². The van der Waals surface area contributed by atoms with Crippen LogP contribution in [-0.2, 0) is 39.1 Å². The zero-order valence-corrected chi connectivity index (χ0v) is 33.0. The minimum Gasteiger partial charge on any atom is -0.493 e. The Labute approximate surface area is 329 Å². The van der Waals surface area contributed by atoms with Crippen LogP contribution in [0.25, 0.3) is 0 Å². The highest BCUT2D eigenvalue weighted by molar-refractivity contribution is 5.52. The number of nitrogens with zero attached hydrogens (tertiary/aromatic N) is 1. The Morgan fingerprint density at radius 1 is 0.600 bits per heavy atom. The highest BCUT2D eigenvalue weighted by atomic mass is 16.5. The van der Waals surface area contributed by atoms with E-state index in [9.17, 15) is 0 Å². The molecule has 1 unspecified atom stereocenters. The predicted molar refractivity (Wildman–Crippen MR) is 224 cm³/mol. The third kappa shape index (κ3) is 12.4. The number of methoxy groups -OCH3 is 1. The lowest BCUT2D eigenvalue weighted by molar-refractivity contribution is 0.174. The van der Waals surface area contributed by atoms with E-state index in [1.165, 1.54) is 60.9 Å². The fourth-order valence-corrected chi connectivity index (χ4v) is 7.59. The fourth-order valence-electron chi connectivity index (χ4n) is 7.59. The van der Waals surface area contributed by atoms with Crippen LogP contribution in [0.15, 0.2) is 121 Å². The number of hydrogen-bond donors (Lipinski definition) is 1. The summed E-state index contributed by atoms with van der Waals surface area (Å²) in [5, 5.41) is 3.66. The molecule has 0 bridgehead atoms. The van der Waals surface area contributed by atoms with Crippen molar-refractivity contribution in [2.45, 2.75) is 90.6 Å². The first-order chi connectivity index (χ1) is 27.2. The molecule has 1 aliphatic rings. The van der Waals surface area contributed by atoms with Gasteiger partial charge in [-0.25, -0.2) is 0 Å². The zero-order valence-electron chi connectivity index (χ0n) is 33.0. The Morgan fingerprint density at radius 3 is 1.87 bits per heavy atom. The second kappa shape index (κ2) is 21.9. The molecule has 290 valence electrons. The van der Waals surface area contributed by atoms with Crippen LogP contribution in [0.5, 0.6) is 23.0 Å². The molecule has 0 aliphatic heterocycles. The van der Waals surface area contributed by atoms with E-state index in [4.69, 9.17) is 18.9 Å². The van der Waals surface area contributed by atoms with E-state index < -0.39 is 0 Å². The van der Waals surface area contributed by atoms with E-state index >= 15 is 0 Å². The topological polar surface area (TPSA) is 52.2 Å². The molecule has 6 nitrogen and oxygen atoms in total. The maximum atomic E-state index is 6.59. The third-order valence-electron chi connectivity index (χ3n) is 10.6. The van der Waals surface area contributed by atoms with Crippen molar-refractivity contribution in [3.63, 3.8) is 0 Å². The Morgan fingerprint density at radius 2 is 1.22 bits per heavy atom. The van der Waals surface area contributed by atoms with Gasteiger partial charge in [-0.1, -0.05) is 123 Å². The maximum Gasteiger partial charge on any atom is 0.165 e. The molecule has 0 radical (unpaired) electrons. The molecule has 5 aromatic rings. The van der Waals surface area contributed by atoms with Gasteiger partial charge in [-0.3, -0.25) is 0 Å². The highest BCUT2D eigenvalue weighted by Crippen LogP contribution is 2.40. The van der Waals surface area contributed by atoms with Crippen LogP contribution in [0, 0.1) is 0 Å². The molecule has 0 aromatic heterocycles. The van der Waals surface area contributed by atoms with Gasteiger partial charge < -0.3 is 29.2 Å². The molecule has 0 saturated heterocycles. The molecule has 5 aromatic carbocycles. The van der Waals surface area contributed by atoms with Gasteiger partial charge in [-0.2, -0.15) is 0 Å². The molecule has 1 N–H and O–H groups in total. The predicted octanol–water partition coefficient (Wildman–Crippen LogP) is 10.4. The first-order valence-corrected chi connectivity index (χ1v) is 20.5. The summed E-state index contributed by atoms with van der Waals surface area (Å²) in [6, 6.07) is 42.3. The van der Waals surface area contributed by atoms with Crippen molar-refractivity contribution >= 4 is 0 Å². The molecule has 0 amide bonds. The van der Waals surface area contributed by atoms with Crippen LogP contribution < -0.4 is 24.3 Å². The molecule has 0 heterocycles. The Bertz CT molecular complexity index is 1830. The van der Waals surface area contributed by atoms with Gasteiger partial charge in [0.2, 0.25) is 0 Å². The summed E-state index contributed by atoms with van der Waals surface area (Å²) in [6.07, 6.45) is 10.4. The lowest BCUT2D eigenvalue weighted by atomic mass is 9.86. The molecule has 1 aliphatic carbocycles. The molecule has 55 heavy (non-hydrogen) atoms. The van der Waals surface area contributed by atoms with Crippen LogP contribution in [0.2, 0.25) is 0 Å². The van der Waals surface area contributed by atoms with Gasteiger partial charge in [0.05, 0.1) is 7.11 Å². The zero-order chi connectivity index (χ0) is 37.9. The Balaban J connectivity index is 0.936. The number of ether oxygens (including phenoxy) is 4. The molecule has 0 fully saturated rings. The van der Waals surface area contributed by atoms with Crippen molar-refractivity contribution < 1.29 is 18.9 Å². The van der Waals surface area contributed by atoms with Crippen LogP contribution >= 0.6 is 0 Å². The smallest absolute Gasteiger partial charge is 0.165 e. The van der Waals surface area contributed by atoms with Crippen molar-refractivity contribution in [3.8, 4) is 23.0 Å². The molecule has 6 heteroatoms. The summed E-state index contributed by atoms with van der Waals surface area (Å²) in [5.74, 6) is 3.34. The molecular formula is C49H60N2O4. The number of fused-ring (bicyclic) bond motifs is 1. The summed E-state index contributed by atoms with van der Waals surface area (Å²) in [6.45, 7) is 8.24. The average molecular weight is 741 g/mol. The molecule has 0 saturated carbocycles. The van der Waals surface area contributed by atoms with Crippen LogP contribution in [-0.4, -0.2) is 44.2 Å². The van der Waals surface area contributed by atoms with Crippen LogP contribution in [0.1, 0.15) is 78.8 Å². The summed E-state index contributed by atoms with van der Waals surface area (Å²) in [5.41, 5.74) is 7.46. The second-order valence-electron chi connectivity index (χ2n) is 14.7. The molecule has 1 atom stereocenters. The molecule has 6 rings (SSSR count). The van der Waals surface area contributed by atoms with Crippen LogP contribution in [0.3, 0.4) is 0 Å². The van der Waals surface area contributed by atoms with Gasteiger partial charge in [0.25, 0.3) is 0 Å². The van der Waals surface area contributed by atoms with E-state index in [0.717, 1.165) is 79.4 Å². The quantitative estimate of drug-likeness (QED) is 0.0673. The normalized spacial score (nSPS) is 13.7. The van der Waals surface area contributed by atoms with Gasteiger partial charge >= 0.3 is 0 Å². The van der Waals surface area contributed by atoms with Gasteiger partial charge in [0.1, 0.15) is 19.8 Å². The maximum absolute atomic E-state index is 6.59. The van der Waals surface area contributed by atoms with Gasteiger partial charge in [-0.05, 0) is 117 Å². The Kier molecular flexibility index (Phi) is 15.9. The monoisotopic (exact) mass is 740 g/mol. The minimum absolute atomic E-state index is 0.528. The average Bonchev–Trinajstić information content (AvgIpc) is 3.24. The standard InChI is InChI=1S/C49H60N2O4/c1-3-32-51(33-16-5-4-15-30-50-31-29-39-23-27-46(52-2)48(34-39)54-37-41-19-11-7-12-20-41)44-25-26-45-43(35-44)24-28-47(53-36-40-17-9-6-10-18-40)49(45)55-38-42-21-13-8-14-22-42/h6-14,17-24,27-28,34,44,50H,3-5,15-16,25-26,29-33,35-38H2,1-2H3. The summed E-state index contributed by atoms with van der Waals surface area (Å²) in [4.78, 5) is 2.76. The highest BCUT2D eigenvalue weighted by Gasteiger charge is 2.27. The largest absolute Gasteiger partial charge is 0.493 e. The van der Waals surface area contributed by atoms with Crippen LogP contribution in [0.4, 0.5) is 0 Å². The summed E-state index contributed by atoms with van der Waals surface area (Å²) < 4.78 is 24.7.